The van der Waals surface area contributed by atoms with E-state index in [1.54, 1.807) is 0 Å². The quantitative estimate of drug-likeness (QED) is 0.857. The zero-order chi connectivity index (χ0) is 11.7. The molecule has 3 nitrogen and oxygen atoms in total. The van der Waals surface area contributed by atoms with Gasteiger partial charge in [-0.2, -0.15) is 5.10 Å². The molecule has 0 spiro atoms. The molecular weight excluding hydrogens is 198 g/mol. The summed E-state index contributed by atoms with van der Waals surface area (Å²) in [6.07, 6.45) is 0.910. The van der Waals surface area contributed by atoms with Gasteiger partial charge in [0, 0.05) is 23.7 Å². The molecule has 1 aromatic heterocycles. The van der Waals surface area contributed by atoms with Crippen molar-refractivity contribution >= 4 is 10.9 Å². The minimum atomic E-state index is 0.190. The normalized spacial score (nSPS) is 13.2. The van der Waals surface area contributed by atoms with Crippen LogP contribution in [0.4, 0.5) is 0 Å². The Bertz CT molecular complexity index is 497. The Balaban J connectivity index is 2.61. The Morgan fingerprint density at radius 2 is 2.19 bits per heavy atom. The highest BCUT2D eigenvalue weighted by Crippen LogP contribution is 2.23. The van der Waals surface area contributed by atoms with Crippen LogP contribution in [0, 0.1) is 6.92 Å². The van der Waals surface area contributed by atoms with Crippen molar-refractivity contribution in [3.63, 3.8) is 0 Å². The number of benzene rings is 1. The van der Waals surface area contributed by atoms with E-state index in [4.69, 9.17) is 5.73 Å². The van der Waals surface area contributed by atoms with E-state index in [1.165, 1.54) is 16.6 Å². The average Bonchev–Trinajstić information content (AvgIpc) is 2.56. The van der Waals surface area contributed by atoms with Gasteiger partial charge in [0.15, 0.2) is 0 Å². The average molecular weight is 217 g/mol. The minimum Gasteiger partial charge on any atom is -0.328 e. The first kappa shape index (κ1) is 11.1. The fourth-order valence-electron chi connectivity index (χ4n) is 2.25. The fourth-order valence-corrected chi connectivity index (χ4v) is 2.25. The van der Waals surface area contributed by atoms with Crippen molar-refractivity contribution in [2.45, 2.75) is 39.8 Å². The number of hydrogen-bond donors (Lipinski definition) is 1. The number of hydrogen-bond acceptors (Lipinski definition) is 2. The van der Waals surface area contributed by atoms with Gasteiger partial charge in [0.2, 0.25) is 0 Å². The van der Waals surface area contributed by atoms with Crippen molar-refractivity contribution in [1.29, 1.82) is 0 Å². The van der Waals surface area contributed by atoms with Gasteiger partial charge in [0.05, 0.1) is 5.52 Å². The van der Waals surface area contributed by atoms with Crippen molar-refractivity contribution in [2.24, 2.45) is 5.73 Å². The summed E-state index contributed by atoms with van der Waals surface area (Å²) >= 11 is 0. The first-order valence-corrected chi connectivity index (χ1v) is 5.84. The lowest BCUT2D eigenvalue weighted by Gasteiger charge is -2.07. The van der Waals surface area contributed by atoms with E-state index >= 15 is 0 Å². The summed E-state index contributed by atoms with van der Waals surface area (Å²) in [5, 5.41) is 5.85. The van der Waals surface area contributed by atoms with Crippen molar-refractivity contribution in [2.75, 3.05) is 0 Å². The van der Waals surface area contributed by atoms with Crippen LogP contribution in [0.3, 0.4) is 0 Å². The molecular formula is C13H19N3. The lowest BCUT2D eigenvalue weighted by atomic mass is 10.0. The molecule has 0 saturated heterocycles. The second-order valence-electron chi connectivity index (χ2n) is 4.39. The maximum atomic E-state index is 5.88. The minimum absolute atomic E-state index is 0.190. The molecule has 2 rings (SSSR count). The highest BCUT2D eigenvalue weighted by Gasteiger charge is 2.11. The lowest BCUT2D eigenvalue weighted by molar-refractivity contribution is 0.647. The maximum absolute atomic E-state index is 5.88. The molecule has 0 aliphatic heterocycles. The van der Waals surface area contributed by atoms with E-state index in [0.717, 1.165) is 18.5 Å². The molecule has 0 fully saturated rings. The molecule has 86 valence electrons. The predicted octanol–water partition coefficient (Wildman–Crippen LogP) is 2.25. The third-order valence-electron chi connectivity index (χ3n) is 2.95. The topological polar surface area (TPSA) is 43.8 Å². The molecule has 0 saturated carbocycles. The van der Waals surface area contributed by atoms with Crippen molar-refractivity contribution in [3.05, 3.63) is 29.5 Å². The van der Waals surface area contributed by atoms with Crippen LogP contribution in [0.2, 0.25) is 0 Å². The highest BCUT2D eigenvalue weighted by molar-refractivity contribution is 5.85. The smallest absolute Gasteiger partial charge is 0.0928 e. The Morgan fingerprint density at radius 1 is 1.44 bits per heavy atom. The summed E-state index contributed by atoms with van der Waals surface area (Å²) in [5.41, 5.74) is 9.51. The molecule has 0 aliphatic carbocycles. The van der Waals surface area contributed by atoms with E-state index in [1.807, 2.05) is 6.92 Å². The summed E-state index contributed by atoms with van der Waals surface area (Å²) in [4.78, 5) is 0. The fraction of sp³-hybridized carbons (Fsp3) is 0.462. The van der Waals surface area contributed by atoms with Crippen LogP contribution in [0.1, 0.15) is 25.1 Å². The number of fused-ring (bicyclic) bond motifs is 1. The number of nitrogens with zero attached hydrogens (tertiary/aromatic N) is 2. The second kappa shape index (κ2) is 4.26. The van der Waals surface area contributed by atoms with Crippen LogP contribution in [0.25, 0.3) is 10.9 Å². The van der Waals surface area contributed by atoms with E-state index < -0.39 is 0 Å². The van der Waals surface area contributed by atoms with Gasteiger partial charge in [-0.25, -0.2) is 0 Å². The molecule has 16 heavy (non-hydrogen) atoms. The van der Waals surface area contributed by atoms with Crippen LogP contribution < -0.4 is 5.73 Å². The Morgan fingerprint density at radius 3 is 2.81 bits per heavy atom. The van der Waals surface area contributed by atoms with Crippen LogP contribution >= 0.6 is 0 Å². The Labute approximate surface area is 96.2 Å². The van der Waals surface area contributed by atoms with E-state index in [-0.39, 0.29) is 6.04 Å². The van der Waals surface area contributed by atoms with Gasteiger partial charge in [-0.05, 0) is 38.8 Å². The van der Waals surface area contributed by atoms with Gasteiger partial charge in [-0.1, -0.05) is 12.1 Å². The van der Waals surface area contributed by atoms with Crippen molar-refractivity contribution < 1.29 is 0 Å². The molecule has 0 radical (unpaired) electrons. The first-order valence-electron chi connectivity index (χ1n) is 5.84. The third-order valence-corrected chi connectivity index (χ3v) is 2.95. The monoisotopic (exact) mass is 217 g/mol. The molecule has 0 aliphatic rings. The largest absolute Gasteiger partial charge is 0.328 e. The maximum Gasteiger partial charge on any atom is 0.0928 e. The van der Waals surface area contributed by atoms with Crippen LogP contribution in [-0.4, -0.2) is 15.8 Å². The molecule has 2 aromatic rings. The number of aryl methyl sites for hydroxylation is 2. The molecule has 0 amide bonds. The highest BCUT2D eigenvalue weighted by atomic mass is 15.3. The lowest BCUT2D eigenvalue weighted by Crippen LogP contribution is -2.17. The molecule has 1 heterocycles. The van der Waals surface area contributed by atoms with Crippen molar-refractivity contribution in [3.8, 4) is 0 Å². The first-order chi connectivity index (χ1) is 7.63. The van der Waals surface area contributed by atoms with E-state index in [9.17, 15) is 0 Å². The zero-order valence-electron chi connectivity index (χ0n) is 10.2. The third kappa shape index (κ3) is 1.83. The summed E-state index contributed by atoms with van der Waals surface area (Å²) < 4.78 is 2.05. The van der Waals surface area contributed by atoms with E-state index in [0.29, 0.717) is 0 Å². The Kier molecular flexibility index (Phi) is 2.97. The zero-order valence-corrected chi connectivity index (χ0v) is 10.2. The van der Waals surface area contributed by atoms with E-state index in [2.05, 4.69) is 41.8 Å². The van der Waals surface area contributed by atoms with Crippen LogP contribution in [-0.2, 0) is 13.0 Å². The van der Waals surface area contributed by atoms with Crippen molar-refractivity contribution in [1.82, 2.24) is 9.78 Å². The number of nitrogens with two attached hydrogens (primary N) is 1. The van der Waals surface area contributed by atoms with Gasteiger partial charge in [0.1, 0.15) is 0 Å². The second-order valence-corrected chi connectivity index (χ2v) is 4.39. The number of rotatable bonds is 3. The standard InChI is InChI=1S/C13H19N3/c1-4-16-10(3)13-11(8-9(2)14)6-5-7-12(13)15-16/h5-7,9H,4,8,14H2,1-3H3. The summed E-state index contributed by atoms with van der Waals surface area (Å²) in [6.45, 7) is 7.20. The SMILES string of the molecule is CCn1nc2cccc(CC(C)N)c2c1C. The van der Waals surface area contributed by atoms with Gasteiger partial charge < -0.3 is 5.73 Å². The van der Waals surface area contributed by atoms with Gasteiger partial charge in [0.25, 0.3) is 0 Å². The predicted molar refractivity (Wildman–Crippen MR) is 67.5 cm³/mol. The van der Waals surface area contributed by atoms with Gasteiger partial charge in [-0.15, -0.1) is 0 Å². The molecule has 0 bridgehead atoms. The van der Waals surface area contributed by atoms with Crippen LogP contribution in [0.5, 0.6) is 0 Å². The van der Waals surface area contributed by atoms with Gasteiger partial charge in [-0.3, -0.25) is 4.68 Å². The van der Waals surface area contributed by atoms with Crippen LogP contribution in [0.15, 0.2) is 18.2 Å². The molecule has 3 heteroatoms. The number of aromatic nitrogens is 2. The molecule has 1 unspecified atom stereocenters. The van der Waals surface area contributed by atoms with Gasteiger partial charge >= 0.3 is 0 Å². The Hall–Kier alpha value is -1.35. The molecule has 1 aromatic carbocycles. The summed E-state index contributed by atoms with van der Waals surface area (Å²) in [7, 11) is 0. The summed E-state index contributed by atoms with van der Waals surface area (Å²) in [6, 6.07) is 6.47. The molecule has 2 N–H and O–H groups in total. The summed E-state index contributed by atoms with van der Waals surface area (Å²) in [5.74, 6) is 0. The molecule has 1 atom stereocenters.